The highest BCUT2D eigenvalue weighted by Gasteiger charge is 2.15. The Bertz CT molecular complexity index is 899. The van der Waals surface area contributed by atoms with Gasteiger partial charge in [-0.25, -0.2) is 4.79 Å². The van der Waals surface area contributed by atoms with Crippen LogP contribution in [0.15, 0.2) is 36.4 Å². The Hall–Kier alpha value is -3.35. The molecule has 4 amide bonds. The number of urea groups is 1. The molecule has 0 aliphatic rings. The molecule has 0 bridgehead atoms. The Morgan fingerprint density at radius 3 is 2.17 bits per heavy atom. The standard InChI is InChI=1S/C22H28N4O3/c1-13(2)24-22(29)25-18-9-7-6-8-17(18)21(28)23-12-19(27)26-20-15(4)10-14(3)11-16(20)5/h6-11,13H,12H2,1-5H3,(H,23,28)(H,26,27)(H2,24,25,29). The van der Waals surface area contributed by atoms with Gasteiger partial charge in [-0.3, -0.25) is 9.59 Å². The Morgan fingerprint density at radius 1 is 0.931 bits per heavy atom. The second-order valence-electron chi connectivity index (χ2n) is 7.30. The van der Waals surface area contributed by atoms with Crippen LogP contribution in [-0.2, 0) is 4.79 Å². The molecule has 29 heavy (non-hydrogen) atoms. The van der Waals surface area contributed by atoms with E-state index in [0.29, 0.717) is 5.69 Å². The second kappa shape index (κ2) is 9.73. The molecule has 154 valence electrons. The summed E-state index contributed by atoms with van der Waals surface area (Å²) in [6, 6.07) is 10.2. The average Bonchev–Trinajstić information content (AvgIpc) is 2.62. The molecule has 0 radical (unpaired) electrons. The fourth-order valence-electron chi connectivity index (χ4n) is 3.03. The Balaban J connectivity index is 2.01. The van der Waals surface area contributed by atoms with E-state index in [9.17, 15) is 14.4 Å². The summed E-state index contributed by atoms with van der Waals surface area (Å²) in [5.74, 6) is -0.769. The van der Waals surface area contributed by atoms with Crippen LogP contribution < -0.4 is 21.3 Å². The summed E-state index contributed by atoms with van der Waals surface area (Å²) >= 11 is 0. The zero-order valence-electron chi connectivity index (χ0n) is 17.5. The van der Waals surface area contributed by atoms with Gasteiger partial charge < -0.3 is 21.3 Å². The number of amides is 4. The molecule has 4 N–H and O–H groups in total. The Kier molecular flexibility index (Phi) is 7.36. The van der Waals surface area contributed by atoms with E-state index in [-0.39, 0.29) is 24.1 Å². The topological polar surface area (TPSA) is 99.3 Å². The Labute approximate surface area is 171 Å². The summed E-state index contributed by atoms with van der Waals surface area (Å²) in [4.78, 5) is 36.8. The number of aryl methyl sites for hydroxylation is 3. The zero-order chi connectivity index (χ0) is 21.6. The zero-order valence-corrected chi connectivity index (χ0v) is 17.5. The van der Waals surface area contributed by atoms with E-state index in [2.05, 4.69) is 21.3 Å². The molecule has 2 aromatic rings. The maximum absolute atomic E-state index is 12.5. The van der Waals surface area contributed by atoms with Crippen LogP contribution in [0.3, 0.4) is 0 Å². The molecule has 0 saturated carbocycles. The van der Waals surface area contributed by atoms with E-state index in [1.807, 2.05) is 46.8 Å². The van der Waals surface area contributed by atoms with Crippen LogP contribution in [-0.4, -0.2) is 30.4 Å². The summed E-state index contributed by atoms with van der Waals surface area (Å²) in [6.45, 7) is 9.36. The summed E-state index contributed by atoms with van der Waals surface area (Å²) in [5.41, 5.74) is 4.45. The molecule has 0 aromatic heterocycles. The molecular weight excluding hydrogens is 368 g/mol. The lowest BCUT2D eigenvalue weighted by atomic mass is 10.1. The van der Waals surface area contributed by atoms with Gasteiger partial charge in [-0.15, -0.1) is 0 Å². The largest absolute Gasteiger partial charge is 0.343 e. The van der Waals surface area contributed by atoms with Crippen LogP contribution in [0.5, 0.6) is 0 Å². The minimum Gasteiger partial charge on any atom is -0.343 e. The second-order valence-corrected chi connectivity index (χ2v) is 7.30. The minimum atomic E-state index is -0.446. The first-order valence-electron chi connectivity index (χ1n) is 9.49. The molecule has 0 aliphatic carbocycles. The first-order chi connectivity index (χ1) is 13.7. The van der Waals surface area contributed by atoms with E-state index in [4.69, 9.17) is 0 Å². The van der Waals surface area contributed by atoms with E-state index in [0.717, 1.165) is 22.4 Å². The first-order valence-corrected chi connectivity index (χ1v) is 9.49. The number of benzene rings is 2. The van der Waals surface area contributed by atoms with Crippen molar-refractivity contribution < 1.29 is 14.4 Å². The Morgan fingerprint density at radius 2 is 1.55 bits per heavy atom. The van der Waals surface area contributed by atoms with Gasteiger partial charge in [0, 0.05) is 11.7 Å². The van der Waals surface area contributed by atoms with Gasteiger partial charge in [-0.2, -0.15) is 0 Å². The van der Waals surface area contributed by atoms with Crippen molar-refractivity contribution in [2.24, 2.45) is 0 Å². The first kappa shape index (κ1) is 21.9. The maximum atomic E-state index is 12.5. The third-order valence-corrected chi connectivity index (χ3v) is 4.19. The van der Waals surface area contributed by atoms with E-state index in [1.54, 1.807) is 24.3 Å². The van der Waals surface area contributed by atoms with Gasteiger partial charge in [0.25, 0.3) is 5.91 Å². The van der Waals surface area contributed by atoms with Crippen molar-refractivity contribution >= 4 is 29.2 Å². The quantitative estimate of drug-likeness (QED) is 0.601. The number of nitrogens with one attached hydrogen (secondary N) is 4. The molecule has 7 nitrogen and oxygen atoms in total. The maximum Gasteiger partial charge on any atom is 0.319 e. The number of hydrogen-bond acceptors (Lipinski definition) is 3. The molecule has 0 atom stereocenters. The third-order valence-electron chi connectivity index (χ3n) is 4.19. The number of anilines is 2. The molecule has 2 rings (SSSR count). The van der Waals surface area contributed by atoms with Crippen LogP contribution >= 0.6 is 0 Å². The van der Waals surface area contributed by atoms with Gasteiger partial charge in [-0.1, -0.05) is 29.8 Å². The predicted octanol–water partition coefficient (Wildman–Crippen LogP) is 3.51. The van der Waals surface area contributed by atoms with Crippen molar-refractivity contribution in [2.45, 2.75) is 40.7 Å². The van der Waals surface area contributed by atoms with E-state index in [1.165, 1.54) is 0 Å². The molecule has 0 fully saturated rings. The van der Waals surface area contributed by atoms with E-state index < -0.39 is 11.9 Å². The summed E-state index contributed by atoms with van der Waals surface area (Å²) in [5, 5.41) is 10.8. The molecule has 0 aliphatic heterocycles. The number of para-hydroxylation sites is 1. The van der Waals surface area contributed by atoms with Crippen molar-refractivity contribution in [1.82, 2.24) is 10.6 Å². The smallest absolute Gasteiger partial charge is 0.319 e. The van der Waals surface area contributed by atoms with Crippen LogP contribution in [0, 0.1) is 20.8 Å². The summed E-state index contributed by atoms with van der Waals surface area (Å²) in [6.07, 6.45) is 0. The lowest BCUT2D eigenvalue weighted by Gasteiger charge is -2.15. The van der Waals surface area contributed by atoms with Gasteiger partial charge in [0.2, 0.25) is 5.91 Å². The van der Waals surface area contributed by atoms with Gasteiger partial charge >= 0.3 is 6.03 Å². The molecule has 0 saturated heterocycles. The fraction of sp³-hybridized carbons (Fsp3) is 0.318. The number of hydrogen-bond donors (Lipinski definition) is 4. The highest BCUT2D eigenvalue weighted by atomic mass is 16.2. The van der Waals surface area contributed by atoms with Gasteiger partial charge in [0.1, 0.15) is 0 Å². The monoisotopic (exact) mass is 396 g/mol. The lowest BCUT2D eigenvalue weighted by Crippen LogP contribution is -2.36. The number of carbonyl (C=O) groups excluding carboxylic acids is 3. The van der Waals surface area contributed by atoms with Gasteiger partial charge in [-0.05, 0) is 57.9 Å². The van der Waals surface area contributed by atoms with Crippen molar-refractivity contribution in [3.63, 3.8) is 0 Å². The molecular formula is C22H28N4O3. The van der Waals surface area contributed by atoms with Crippen LogP contribution in [0.4, 0.5) is 16.2 Å². The fourth-order valence-corrected chi connectivity index (χ4v) is 3.03. The summed E-state index contributed by atoms with van der Waals surface area (Å²) < 4.78 is 0. The number of rotatable bonds is 6. The van der Waals surface area contributed by atoms with Gasteiger partial charge in [0.15, 0.2) is 0 Å². The van der Waals surface area contributed by atoms with Crippen molar-refractivity contribution in [3.05, 3.63) is 58.7 Å². The SMILES string of the molecule is Cc1cc(C)c(NC(=O)CNC(=O)c2ccccc2NC(=O)NC(C)C)c(C)c1. The van der Waals surface area contributed by atoms with Crippen LogP contribution in [0.1, 0.15) is 40.9 Å². The lowest BCUT2D eigenvalue weighted by molar-refractivity contribution is -0.115. The molecule has 0 spiro atoms. The van der Waals surface area contributed by atoms with Crippen molar-refractivity contribution in [2.75, 3.05) is 17.2 Å². The van der Waals surface area contributed by atoms with Crippen molar-refractivity contribution in [1.29, 1.82) is 0 Å². The highest BCUT2D eigenvalue weighted by molar-refractivity contribution is 6.05. The number of carbonyl (C=O) groups is 3. The average molecular weight is 396 g/mol. The molecule has 0 unspecified atom stereocenters. The minimum absolute atomic E-state index is 0.0339. The molecule has 7 heteroatoms. The highest BCUT2D eigenvalue weighted by Crippen LogP contribution is 2.21. The summed E-state index contributed by atoms with van der Waals surface area (Å²) in [7, 11) is 0. The molecule has 2 aromatic carbocycles. The van der Waals surface area contributed by atoms with Crippen LogP contribution in [0.2, 0.25) is 0 Å². The van der Waals surface area contributed by atoms with Crippen molar-refractivity contribution in [3.8, 4) is 0 Å². The third kappa shape index (κ3) is 6.34. The normalized spacial score (nSPS) is 10.4. The van der Waals surface area contributed by atoms with Gasteiger partial charge in [0.05, 0.1) is 17.8 Å². The molecule has 0 heterocycles. The van der Waals surface area contributed by atoms with E-state index >= 15 is 0 Å². The van der Waals surface area contributed by atoms with Crippen LogP contribution in [0.25, 0.3) is 0 Å². The predicted molar refractivity (Wildman–Crippen MR) is 115 cm³/mol.